The lowest BCUT2D eigenvalue weighted by atomic mass is 9.64. The highest BCUT2D eigenvalue weighted by Crippen LogP contribution is 2.67. The van der Waals surface area contributed by atoms with E-state index in [1.54, 1.807) is 0 Å². The molecule has 3 aliphatic rings. The van der Waals surface area contributed by atoms with E-state index in [0.29, 0.717) is 5.95 Å². The van der Waals surface area contributed by atoms with Crippen LogP contribution < -0.4 is 9.80 Å². The molecular formula is C51H32N4S. The van der Waals surface area contributed by atoms with E-state index < -0.39 is 5.41 Å². The molecule has 0 saturated heterocycles. The normalized spacial score (nSPS) is 14.1. The molecule has 9 aromatic rings. The molecular weight excluding hydrogens is 701 g/mol. The highest BCUT2D eigenvalue weighted by Gasteiger charge is 2.53. The van der Waals surface area contributed by atoms with Gasteiger partial charge in [0.15, 0.2) is 0 Å². The van der Waals surface area contributed by atoms with E-state index in [2.05, 4.69) is 204 Å². The minimum Gasteiger partial charge on any atom is -0.310 e. The number of benzene rings is 8. The van der Waals surface area contributed by atoms with Crippen LogP contribution in [0, 0.1) is 0 Å². The molecule has 3 heterocycles. The Labute approximate surface area is 329 Å². The summed E-state index contributed by atoms with van der Waals surface area (Å²) in [4.78, 5) is 18.0. The van der Waals surface area contributed by atoms with E-state index in [9.17, 15) is 0 Å². The van der Waals surface area contributed by atoms with Gasteiger partial charge in [-0.15, -0.1) is 0 Å². The van der Waals surface area contributed by atoms with Crippen molar-refractivity contribution < 1.29 is 0 Å². The summed E-state index contributed by atoms with van der Waals surface area (Å²) >= 11 is 1.82. The third-order valence-corrected chi connectivity index (χ3v) is 12.8. The fraction of sp³-hybridized carbons (Fsp3) is 0.0196. The van der Waals surface area contributed by atoms with Gasteiger partial charge in [-0.2, -0.15) is 0 Å². The van der Waals surface area contributed by atoms with Gasteiger partial charge in [0.1, 0.15) is 0 Å². The largest absolute Gasteiger partial charge is 0.310 e. The number of aromatic nitrogens is 2. The molecule has 0 N–H and O–H groups in total. The van der Waals surface area contributed by atoms with E-state index in [0.717, 1.165) is 39.2 Å². The molecule has 2 aliphatic heterocycles. The molecule has 0 bridgehead atoms. The lowest BCUT2D eigenvalue weighted by Crippen LogP contribution is -2.36. The van der Waals surface area contributed by atoms with Crippen molar-refractivity contribution in [2.75, 3.05) is 9.80 Å². The summed E-state index contributed by atoms with van der Waals surface area (Å²) in [5.74, 6) is 0.656. The molecule has 0 atom stereocenters. The first-order valence-electron chi connectivity index (χ1n) is 19.0. The van der Waals surface area contributed by atoms with Crippen LogP contribution in [0.15, 0.2) is 204 Å². The highest BCUT2D eigenvalue weighted by molar-refractivity contribution is 7.99. The second-order valence-electron chi connectivity index (χ2n) is 14.5. The Morgan fingerprint density at radius 1 is 0.429 bits per heavy atom. The molecule has 262 valence electrons. The lowest BCUT2D eigenvalue weighted by Gasteiger charge is -2.45. The Morgan fingerprint density at radius 3 is 1.80 bits per heavy atom. The number of nitrogens with zero attached hydrogens (tertiary/aromatic N) is 4. The van der Waals surface area contributed by atoms with Crippen LogP contribution in [0.25, 0.3) is 33.3 Å². The van der Waals surface area contributed by atoms with E-state index in [1.807, 2.05) is 11.8 Å². The van der Waals surface area contributed by atoms with E-state index in [1.165, 1.54) is 54.5 Å². The number of hydrogen-bond acceptors (Lipinski definition) is 5. The maximum Gasteiger partial charge on any atom is 0.235 e. The van der Waals surface area contributed by atoms with E-state index >= 15 is 0 Å². The predicted molar refractivity (Wildman–Crippen MR) is 229 cm³/mol. The van der Waals surface area contributed by atoms with Crippen LogP contribution >= 0.6 is 11.8 Å². The summed E-state index contributed by atoms with van der Waals surface area (Å²) < 4.78 is 0. The Bertz CT molecular complexity index is 2990. The summed E-state index contributed by atoms with van der Waals surface area (Å²) in [6.45, 7) is 0. The van der Waals surface area contributed by atoms with Gasteiger partial charge in [0.2, 0.25) is 5.95 Å². The Balaban J connectivity index is 1.19. The van der Waals surface area contributed by atoms with Gasteiger partial charge in [0.25, 0.3) is 0 Å². The fourth-order valence-electron chi connectivity index (χ4n) is 9.47. The summed E-state index contributed by atoms with van der Waals surface area (Å²) in [6, 6.07) is 70.1. The quantitative estimate of drug-likeness (QED) is 0.181. The van der Waals surface area contributed by atoms with E-state index in [-0.39, 0.29) is 0 Å². The first kappa shape index (κ1) is 31.4. The summed E-state index contributed by atoms with van der Waals surface area (Å²) in [6.07, 6.45) is 0. The second-order valence-corrected chi connectivity index (χ2v) is 15.6. The van der Waals surface area contributed by atoms with Gasteiger partial charge in [-0.25, -0.2) is 9.97 Å². The number of fused-ring (bicyclic) bond motifs is 13. The third kappa shape index (κ3) is 4.26. The van der Waals surface area contributed by atoms with Crippen LogP contribution in [0.2, 0.25) is 0 Å². The smallest absolute Gasteiger partial charge is 0.235 e. The fourth-order valence-corrected chi connectivity index (χ4v) is 10.5. The Morgan fingerprint density at radius 2 is 1.04 bits per heavy atom. The van der Waals surface area contributed by atoms with Crippen LogP contribution in [0.5, 0.6) is 0 Å². The minimum atomic E-state index is -0.577. The molecule has 0 unspecified atom stereocenters. The van der Waals surface area contributed by atoms with Gasteiger partial charge < -0.3 is 4.90 Å². The van der Waals surface area contributed by atoms with Crippen molar-refractivity contribution in [2.24, 2.45) is 0 Å². The lowest BCUT2D eigenvalue weighted by molar-refractivity contribution is 0.752. The predicted octanol–water partition coefficient (Wildman–Crippen LogP) is 13.4. The molecule has 0 radical (unpaired) electrons. The Kier molecular flexibility index (Phi) is 6.74. The van der Waals surface area contributed by atoms with Crippen LogP contribution in [0.3, 0.4) is 0 Å². The van der Waals surface area contributed by atoms with Gasteiger partial charge in [-0.05, 0) is 76.3 Å². The van der Waals surface area contributed by atoms with Crippen molar-refractivity contribution in [1.29, 1.82) is 0 Å². The molecule has 1 aliphatic carbocycles. The monoisotopic (exact) mass is 732 g/mol. The van der Waals surface area contributed by atoms with Crippen LogP contribution in [0.1, 0.15) is 22.3 Å². The van der Waals surface area contributed by atoms with Crippen molar-refractivity contribution in [1.82, 2.24) is 9.97 Å². The molecule has 0 amide bonds. The minimum absolute atomic E-state index is 0.577. The average Bonchev–Trinajstić information content (AvgIpc) is 3.57. The van der Waals surface area contributed by atoms with Crippen molar-refractivity contribution in [3.8, 4) is 22.4 Å². The van der Waals surface area contributed by atoms with Gasteiger partial charge in [0, 0.05) is 32.0 Å². The van der Waals surface area contributed by atoms with Crippen molar-refractivity contribution >= 4 is 57.1 Å². The molecule has 0 fully saturated rings. The summed E-state index contributed by atoms with van der Waals surface area (Å²) in [5.41, 5.74) is 15.5. The summed E-state index contributed by atoms with van der Waals surface area (Å²) in [5, 5.41) is 1.03. The molecule has 12 rings (SSSR count). The van der Waals surface area contributed by atoms with Crippen LogP contribution in [0.4, 0.5) is 34.4 Å². The number of hydrogen-bond donors (Lipinski definition) is 0. The van der Waals surface area contributed by atoms with Crippen molar-refractivity contribution in [3.63, 3.8) is 0 Å². The molecule has 0 saturated carbocycles. The Hall–Kier alpha value is -6.95. The molecule has 1 aromatic heterocycles. The topological polar surface area (TPSA) is 32.3 Å². The number of para-hydroxylation sites is 5. The van der Waals surface area contributed by atoms with E-state index in [4.69, 9.17) is 9.97 Å². The third-order valence-electron chi connectivity index (χ3n) is 11.6. The molecule has 8 aromatic carbocycles. The zero-order chi connectivity index (χ0) is 36.8. The van der Waals surface area contributed by atoms with Crippen LogP contribution in [-0.2, 0) is 5.41 Å². The summed E-state index contributed by atoms with van der Waals surface area (Å²) in [7, 11) is 0. The van der Waals surface area contributed by atoms with Gasteiger partial charge in [-0.1, -0.05) is 157 Å². The van der Waals surface area contributed by atoms with Gasteiger partial charge in [0.05, 0.1) is 39.4 Å². The molecule has 1 spiro atoms. The number of rotatable bonds is 3. The van der Waals surface area contributed by atoms with Crippen molar-refractivity contribution in [2.45, 2.75) is 15.2 Å². The average molecular weight is 733 g/mol. The SMILES string of the molecule is c1ccc(-c2nc(N3c4ccccc4Sc4ccc5c(c43)-c3ccccc3C53c4ccccc4N(c4ccccc4)c4ccccc43)nc3ccccc23)cc1. The van der Waals surface area contributed by atoms with Gasteiger partial charge in [-0.3, -0.25) is 4.90 Å². The van der Waals surface area contributed by atoms with Crippen molar-refractivity contribution in [3.05, 3.63) is 216 Å². The zero-order valence-electron chi connectivity index (χ0n) is 30.2. The molecule has 5 heteroatoms. The zero-order valence-corrected chi connectivity index (χ0v) is 31.0. The maximum atomic E-state index is 5.49. The first-order chi connectivity index (χ1) is 27.8. The van der Waals surface area contributed by atoms with Gasteiger partial charge >= 0.3 is 0 Å². The number of anilines is 6. The first-order valence-corrected chi connectivity index (χ1v) is 19.8. The highest BCUT2D eigenvalue weighted by atomic mass is 32.2. The molecule has 4 nitrogen and oxygen atoms in total. The molecule has 56 heavy (non-hydrogen) atoms. The standard InChI is InChI=1S/C51H32N4S/c1-3-17-33(18-4-1)48-36-22-8-12-26-41(36)52-50(53-48)55-44-29-15-16-30-45(44)56-46-32-31-40-47(49(46)55)35-21-7-9-23-37(35)51(40)38-24-10-13-27-42(38)54(34-19-5-2-6-20-34)43-28-14-11-25-39(43)51/h1-32H. The second kappa shape index (κ2) is 12.0. The van der Waals surface area contributed by atoms with Crippen LogP contribution in [-0.4, -0.2) is 9.97 Å². The maximum absolute atomic E-state index is 5.49.